The van der Waals surface area contributed by atoms with Gasteiger partial charge < -0.3 is 10.6 Å². The second-order valence-electron chi connectivity index (χ2n) is 3.65. The number of nitrogens with one attached hydrogen (secondary N) is 2. The highest BCUT2D eigenvalue weighted by molar-refractivity contribution is 5.75. The third-order valence-electron chi connectivity index (χ3n) is 2.72. The summed E-state index contributed by atoms with van der Waals surface area (Å²) in [6.07, 6.45) is 3.67. The average Bonchev–Trinajstić information content (AvgIpc) is 2.65. The third kappa shape index (κ3) is 3.00. The zero-order valence-corrected chi connectivity index (χ0v) is 8.55. The standard InChI is InChI=1S/C10H17N3O/c1-12-10(14)5-6-13-9-4-2-3-8(9)7-11/h8-9,13H,2-6H2,1H3,(H,12,14). The summed E-state index contributed by atoms with van der Waals surface area (Å²) >= 11 is 0. The quantitative estimate of drug-likeness (QED) is 0.682. The van der Waals surface area contributed by atoms with Gasteiger partial charge in [-0.1, -0.05) is 6.42 Å². The Kier molecular flexibility index (Phi) is 4.41. The smallest absolute Gasteiger partial charge is 0.221 e. The molecule has 0 spiro atoms. The van der Waals surface area contributed by atoms with Crippen molar-refractivity contribution in [1.29, 1.82) is 5.26 Å². The van der Waals surface area contributed by atoms with E-state index in [-0.39, 0.29) is 11.8 Å². The third-order valence-corrected chi connectivity index (χ3v) is 2.72. The van der Waals surface area contributed by atoms with E-state index in [0.29, 0.717) is 19.0 Å². The molecule has 0 radical (unpaired) electrons. The van der Waals surface area contributed by atoms with Gasteiger partial charge in [0.2, 0.25) is 5.91 Å². The summed E-state index contributed by atoms with van der Waals surface area (Å²) < 4.78 is 0. The molecule has 1 aliphatic rings. The zero-order valence-electron chi connectivity index (χ0n) is 8.55. The molecule has 0 heterocycles. The van der Waals surface area contributed by atoms with Crippen molar-refractivity contribution in [2.24, 2.45) is 5.92 Å². The zero-order chi connectivity index (χ0) is 10.4. The summed E-state index contributed by atoms with van der Waals surface area (Å²) in [5.74, 6) is 0.184. The lowest BCUT2D eigenvalue weighted by atomic mass is 10.1. The van der Waals surface area contributed by atoms with Crippen LogP contribution in [-0.4, -0.2) is 25.5 Å². The van der Waals surface area contributed by atoms with Crippen LogP contribution in [0, 0.1) is 17.2 Å². The van der Waals surface area contributed by atoms with Crippen LogP contribution in [0.3, 0.4) is 0 Å². The van der Waals surface area contributed by atoms with Gasteiger partial charge in [0.1, 0.15) is 0 Å². The highest BCUT2D eigenvalue weighted by Crippen LogP contribution is 2.24. The summed E-state index contributed by atoms with van der Waals surface area (Å²) in [5, 5.41) is 14.7. The lowest BCUT2D eigenvalue weighted by molar-refractivity contribution is -0.120. The van der Waals surface area contributed by atoms with Crippen molar-refractivity contribution >= 4 is 5.91 Å². The van der Waals surface area contributed by atoms with Gasteiger partial charge in [0.05, 0.1) is 12.0 Å². The Hall–Kier alpha value is -1.08. The summed E-state index contributed by atoms with van der Waals surface area (Å²) in [7, 11) is 1.63. The molecule has 0 saturated heterocycles. The van der Waals surface area contributed by atoms with Crippen LogP contribution >= 0.6 is 0 Å². The van der Waals surface area contributed by atoms with Crippen LogP contribution in [0.4, 0.5) is 0 Å². The SMILES string of the molecule is CNC(=O)CCNC1CCCC1C#N. The van der Waals surface area contributed by atoms with Crippen LogP contribution in [0.2, 0.25) is 0 Å². The molecule has 1 saturated carbocycles. The van der Waals surface area contributed by atoms with Crippen molar-refractivity contribution in [1.82, 2.24) is 10.6 Å². The Morgan fingerprint density at radius 2 is 2.36 bits per heavy atom. The second-order valence-corrected chi connectivity index (χ2v) is 3.65. The van der Waals surface area contributed by atoms with Gasteiger partial charge in [-0.05, 0) is 12.8 Å². The number of rotatable bonds is 4. The molecule has 1 aliphatic carbocycles. The first-order chi connectivity index (χ1) is 6.77. The number of carbonyl (C=O) groups is 1. The minimum Gasteiger partial charge on any atom is -0.359 e. The maximum Gasteiger partial charge on any atom is 0.221 e. The van der Waals surface area contributed by atoms with E-state index in [2.05, 4.69) is 16.7 Å². The van der Waals surface area contributed by atoms with Crippen LogP contribution in [-0.2, 0) is 4.79 Å². The maximum atomic E-state index is 10.9. The van der Waals surface area contributed by atoms with Crippen molar-refractivity contribution in [3.8, 4) is 6.07 Å². The second kappa shape index (κ2) is 5.61. The molecule has 4 nitrogen and oxygen atoms in total. The summed E-state index contributed by atoms with van der Waals surface area (Å²) in [6.45, 7) is 0.669. The molecule has 0 bridgehead atoms. The molecule has 0 aliphatic heterocycles. The predicted octanol–water partition coefficient (Wildman–Crippen LogP) is 0.404. The van der Waals surface area contributed by atoms with Gasteiger partial charge in [0, 0.05) is 26.1 Å². The largest absolute Gasteiger partial charge is 0.359 e. The van der Waals surface area contributed by atoms with E-state index in [0.717, 1.165) is 19.3 Å². The van der Waals surface area contributed by atoms with Crippen molar-refractivity contribution < 1.29 is 4.79 Å². The van der Waals surface area contributed by atoms with Crippen molar-refractivity contribution in [3.05, 3.63) is 0 Å². The van der Waals surface area contributed by atoms with E-state index in [1.807, 2.05) is 0 Å². The first-order valence-electron chi connectivity index (χ1n) is 5.11. The van der Waals surface area contributed by atoms with E-state index in [4.69, 9.17) is 5.26 Å². The number of nitriles is 1. The number of hydrogen-bond acceptors (Lipinski definition) is 3. The molecule has 2 N–H and O–H groups in total. The Morgan fingerprint density at radius 1 is 1.57 bits per heavy atom. The Balaban J connectivity index is 2.18. The molecule has 0 aromatic carbocycles. The Bertz CT molecular complexity index is 234. The molecule has 1 fully saturated rings. The van der Waals surface area contributed by atoms with Crippen molar-refractivity contribution in [3.63, 3.8) is 0 Å². The monoisotopic (exact) mass is 195 g/mol. The van der Waals surface area contributed by atoms with Crippen LogP contribution in [0.1, 0.15) is 25.7 Å². The molecular weight excluding hydrogens is 178 g/mol. The molecule has 2 atom stereocenters. The Labute approximate surface area is 84.7 Å². The molecule has 4 heteroatoms. The number of amides is 1. The van der Waals surface area contributed by atoms with Gasteiger partial charge in [-0.3, -0.25) is 4.79 Å². The van der Waals surface area contributed by atoms with E-state index in [9.17, 15) is 4.79 Å². The Morgan fingerprint density at radius 3 is 3.00 bits per heavy atom. The lowest BCUT2D eigenvalue weighted by Crippen LogP contribution is -2.34. The molecule has 78 valence electrons. The average molecular weight is 195 g/mol. The van der Waals surface area contributed by atoms with E-state index < -0.39 is 0 Å². The van der Waals surface area contributed by atoms with Crippen LogP contribution < -0.4 is 10.6 Å². The van der Waals surface area contributed by atoms with Crippen LogP contribution in [0.15, 0.2) is 0 Å². The molecule has 2 unspecified atom stereocenters. The summed E-state index contributed by atoms with van der Waals surface area (Å²) in [5.41, 5.74) is 0. The summed E-state index contributed by atoms with van der Waals surface area (Å²) in [6, 6.07) is 2.60. The number of hydrogen-bond donors (Lipinski definition) is 2. The van der Waals surface area contributed by atoms with E-state index in [1.54, 1.807) is 7.05 Å². The molecular formula is C10H17N3O. The van der Waals surface area contributed by atoms with Gasteiger partial charge in [-0.15, -0.1) is 0 Å². The normalized spacial score (nSPS) is 25.7. The summed E-state index contributed by atoms with van der Waals surface area (Å²) in [4.78, 5) is 10.9. The molecule has 1 amide bonds. The van der Waals surface area contributed by atoms with E-state index in [1.165, 1.54) is 0 Å². The molecule has 0 aromatic heterocycles. The van der Waals surface area contributed by atoms with E-state index >= 15 is 0 Å². The first kappa shape index (κ1) is 11.0. The first-order valence-corrected chi connectivity index (χ1v) is 5.11. The molecule has 14 heavy (non-hydrogen) atoms. The minimum absolute atomic E-state index is 0.0454. The number of nitrogens with zero attached hydrogens (tertiary/aromatic N) is 1. The molecule has 0 aromatic rings. The maximum absolute atomic E-state index is 10.9. The van der Waals surface area contributed by atoms with Gasteiger partial charge in [-0.25, -0.2) is 0 Å². The van der Waals surface area contributed by atoms with Gasteiger partial charge in [0.15, 0.2) is 0 Å². The fourth-order valence-corrected chi connectivity index (χ4v) is 1.85. The number of carbonyl (C=O) groups excluding carboxylic acids is 1. The topological polar surface area (TPSA) is 64.9 Å². The fourth-order valence-electron chi connectivity index (χ4n) is 1.85. The fraction of sp³-hybridized carbons (Fsp3) is 0.800. The van der Waals surface area contributed by atoms with Gasteiger partial charge in [0.25, 0.3) is 0 Å². The van der Waals surface area contributed by atoms with Crippen molar-refractivity contribution in [2.75, 3.05) is 13.6 Å². The van der Waals surface area contributed by atoms with Crippen LogP contribution in [0.5, 0.6) is 0 Å². The minimum atomic E-state index is 0.0454. The molecule has 1 rings (SSSR count). The van der Waals surface area contributed by atoms with Gasteiger partial charge in [-0.2, -0.15) is 5.26 Å². The highest BCUT2D eigenvalue weighted by Gasteiger charge is 2.26. The van der Waals surface area contributed by atoms with Gasteiger partial charge >= 0.3 is 0 Å². The predicted molar refractivity (Wildman–Crippen MR) is 53.4 cm³/mol. The highest BCUT2D eigenvalue weighted by atomic mass is 16.1. The van der Waals surface area contributed by atoms with Crippen LogP contribution in [0.25, 0.3) is 0 Å². The lowest BCUT2D eigenvalue weighted by Gasteiger charge is -2.14. The van der Waals surface area contributed by atoms with Crippen molar-refractivity contribution in [2.45, 2.75) is 31.7 Å².